The Balaban J connectivity index is 1.71. The van der Waals surface area contributed by atoms with E-state index in [-0.39, 0.29) is 11.9 Å². The van der Waals surface area contributed by atoms with Gasteiger partial charge < -0.3 is 15.0 Å². The van der Waals surface area contributed by atoms with Gasteiger partial charge in [-0.3, -0.25) is 4.79 Å². The van der Waals surface area contributed by atoms with E-state index >= 15 is 0 Å². The second-order valence-corrected chi connectivity index (χ2v) is 7.57. The van der Waals surface area contributed by atoms with Gasteiger partial charge in [0.15, 0.2) is 5.65 Å². The fraction of sp³-hybridized carbons (Fsp3) is 0.429. The van der Waals surface area contributed by atoms with Gasteiger partial charge in [-0.25, -0.2) is 14.6 Å². The molecule has 3 rings (SSSR count). The lowest BCUT2D eigenvalue weighted by Gasteiger charge is -2.12. The zero-order valence-electron chi connectivity index (χ0n) is 17.6. The van der Waals surface area contributed by atoms with Gasteiger partial charge >= 0.3 is 0 Å². The van der Waals surface area contributed by atoms with Crippen LogP contribution in [0.1, 0.15) is 41.5 Å². The fourth-order valence-corrected chi connectivity index (χ4v) is 2.96. The van der Waals surface area contributed by atoms with Crippen molar-refractivity contribution >= 4 is 16.9 Å². The highest BCUT2D eigenvalue weighted by Gasteiger charge is 2.16. The SMILES string of the molecule is Cc1cc(C(=O)NCc2ccnc(OCCN(C)C)c2)c2cnn(C(C)C)c2n1. The summed E-state index contributed by atoms with van der Waals surface area (Å²) in [6.45, 7) is 7.71. The predicted octanol–water partition coefficient (Wildman–Crippen LogP) is 2.59. The quantitative estimate of drug-likeness (QED) is 0.630. The van der Waals surface area contributed by atoms with E-state index in [1.165, 1.54) is 0 Å². The molecule has 3 aromatic heterocycles. The number of rotatable bonds is 8. The molecule has 0 saturated carbocycles. The molecule has 0 aliphatic carbocycles. The van der Waals surface area contributed by atoms with Crippen LogP contribution in [0.2, 0.25) is 0 Å². The molecule has 154 valence electrons. The van der Waals surface area contributed by atoms with E-state index in [0.29, 0.717) is 24.6 Å². The number of hydrogen-bond donors (Lipinski definition) is 1. The molecule has 0 fully saturated rings. The standard InChI is InChI=1S/C21H28N6O2/c1-14(2)27-20-18(13-24-27)17(10-15(3)25-20)21(28)23-12-16-6-7-22-19(11-16)29-9-8-26(4)5/h6-7,10-11,13-14H,8-9,12H2,1-5H3,(H,23,28). The van der Waals surface area contributed by atoms with E-state index in [0.717, 1.165) is 28.8 Å². The van der Waals surface area contributed by atoms with E-state index in [1.54, 1.807) is 18.5 Å². The first-order valence-corrected chi connectivity index (χ1v) is 9.70. The van der Waals surface area contributed by atoms with Crippen LogP contribution in [-0.2, 0) is 6.54 Å². The van der Waals surface area contributed by atoms with Gasteiger partial charge in [-0.05, 0) is 52.6 Å². The molecule has 0 aliphatic heterocycles. The molecule has 0 bridgehead atoms. The number of fused-ring (bicyclic) bond motifs is 1. The molecule has 1 N–H and O–H groups in total. The Morgan fingerprint density at radius 2 is 2.10 bits per heavy atom. The summed E-state index contributed by atoms with van der Waals surface area (Å²) < 4.78 is 7.50. The number of hydrogen-bond acceptors (Lipinski definition) is 6. The van der Waals surface area contributed by atoms with Gasteiger partial charge in [0.05, 0.1) is 17.1 Å². The molecule has 0 aromatic carbocycles. The van der Waals surface area contributed by atoms with E-state index < -0.39 is 0 Å². The lowest BCUT2D eigenvalue weighted by Crippen LogP contribution is -2.23. The van der Waals surface area contributed by atoms with Crippen LogP contribution < -0.4 is 10.1 Å². The van der Waals surface area contributed by atoms with Gasteiger partial charge in [0.25, 0.3) is 5.91 Å². The number of nitrogens with one attached hydrogen (secondary N) is 1. The Morgan fingerprint density at radius 3 is 2.83 bits per heavy atom. The molecular formula is C21H28N6O2. The molecule has 8 heteroatoms. The van der Waals surface area contributed by atoms with Crippen LogP contribution in [0, 0.1) is 6.92 Å². The third-order valence-corrected chi connectivity index (χ3v) is 4.47. The smallest absolute Gasteiger partial charge is 0.252 e. The number of ether oxygens (including phenoxy) is 1. The van der Waals surface area contributed by atoms with Crippen LogP contribution in [0.25, 0.3) is 11.0 Å². The third-order valence-electron chi connectivity index (χ3n) is 4.47. The monoisotopic (exact) mass is 396 g/mol. The molecule has 0 atom stereocenters. The summed E-state index contributed by atoms with van der Waals surface area (Å²) >= 11 is 0. The van der Waals surface area contributed by atoms with Crippen molar-refractivity contribution < 1.29 is 9.53 Å². The van der Waals surface area contributed by atoms with Gasteiger partial charge in [0.2, 0.25) is 5.88 Å². The molecule has 0 unspecified atom stereocenters. The van der Waals surface area contributed by atoms with Crippen LogP contribution in [0.15, 0.2) is 30.6 Å². The summed E-state index contributed by atoms with van der Waals surface area (Å²) in [5.41, 5.74) is 3.01. The first-order valence-electron chi connectivity index (χ1n) is 9.70. The molecule has 1 amide bonds. The summed E-state index contributed by atoms with van der Waals surface area (Å²) in [6, 6.07) is 5.68. The number of pyridine rings is 2. The van der Waals surface area contributed by atoms with Crippen molar-refractivity contribution in [2.75, 3.05) is 27.2 Å². The van der Waals surface area contributed by atoms with E-state index in [2.05, 4.69) is 20.4 Å². The number of carbonyl (C=O) groups excluding carboxylic acids is 1. The average Bonchev–Trinajstić information content (AvgIpc) is 3.09. The van der Waals surface area contributed by atoms with E-state index in [9.17, 15) is 4.79 Å². The maximum absolute atomic E-state index is 12.9. The number of amides is 1. The van der Waals surface area contributed by atoms with Crippen molar-refractivity contribution in [1.29, 1.82) is 0 Å². The number of likely N-dealkylation sites (N-methyl/N-ethyl adjacent to an activating group) is 1. The Labute approximate surface area is 170 Å². The van der Waals surface area contributed by atoms with Crippen molar-refractivity contribution in [2.24, 2.45) is 0 Å². The molecule has 0 spiro atoms. The summed E-state index contributed by atoms with van der Waals surface area (Å²) in [4.78, 5) is 23.7. The average molecular weight is 396 g/mol. The number of carbonyl (C=O) groups is 1. The minimum absolute atomic E-state index is 0.157. The third kappa shape index (κ3) is 5.08. The number of nitrogens with zero attached hydrogens (tertiary/aromatic N) is 5. The van der Waals surface area contributed by atoms with Gasteiger partial charge in [-0.1, -0.05) is 0 Å². The van der Waals surface area contributed by atoms with Gasteiger partial charge in [0, 0.05) is 37.1 Å². The second-order valence-electron chi connectivity index (χ2n) is 7.57. The molecule has 8 nitrogen and oxygen atoms in total. The lowest BCUT2D eigenvalue weighted by atomic mass is 10.1. The minimum Gasteiger partial charge on any atom is -0.476 e. The van der Waals surface area contributed by atoms with Crippen LogP contribution >= 0.6 is 0 Å². The molecule has 29 heavy (non-hydrogen) atoms. The first-order chi connectivity index (χ1) is 13.8. The molecule has 0 aliphatic rings. The van der Waals surface area contributed by atoms with Gasteiger partial charge in [0.1, 0.15) is 6.61 Å². The molecular weight excluding hydrogens is 368 g/mol. The summed E-state index contributed by atoms with van der Waals surface area (Å²) in [7, 11) is 3.98. The molecule has 0 saturated heterocycles. The van der Waals surface area contributed by atoms with Gasteiger partial charge in [-0.15, -0.1) is 0 Å². The Morgan fingerprint density at radius 1 is 1.31 bits per heavy atom. The van der Waals surface area contributed by atoms with Crippen LogP contribution in [-0.4, -0.2) is 57.8 Å². The van der Waals surface area contributed by atoms with E-state index in [4.69, 9.17) is 4.74 Å². The molecule has 0 radical (unpaired) electrons. The van der Waals surface area contributed by atoms with Crippen LogP contribution in [0.5, 0.6) is 5.88 Å². The summed E-state index contributed by atoms with van der Waals surface area (Å²) in [6.07, 6.45) is 3.40. The minimum atomic E-state index is -0.157. The topological polar surface area (TPSA) is 85.2 Å². The highest BCUT2D eigenvalue weighted by atomic mass is 16.5. The number of aromatic nitrogens is 4. The van der Waals surface area contributed by atoms with Crippen molar-refractivity contribution in [3.05, 3.63) is 47.4 Å². The predicted molar refractivity (Wildman–Crippen MR) is 112 cm³/mol. The second kappa shape index (κ2) is 9.00. The van der Waals surface area contributed by atoms with Crippen LogP contribution in [0.4, 0.5) is 0 Å². The Bertz CT molecular complexity index is 996. The Hall–Kier alpha value is -3.00. The number of aryl methyl sites for hydroxylation is 1. The fourth-order valence-electron chi connectivity index (χ4n) is 2.96. The molecule has 3 aromatic rings. The lowest BCUT2D eigenvalue weighted by molar-refractivity contribution is 0.0952. The maximum Gasteiger partial charge on any atom is 0.252 e. The highest BCUT2D eigenvalue weighted by Crippen LogP contribution is 2.21. The Kier molecular flexibility index (Phi) is 6.43. The van der Waals surface area contributed by atoms with Gasteiger partial charge in [-0.2, -0.15) is 5.10 Å². The van der Waals surface area contributed by atoms with Crippen molar-refractivity contribution in [2.45, 2.75) is 33.4 Å². The highest BCUT2D eigenvalue weighted by molar-refractivity contribution is 6.05. The van der Waals surface area contributed by atoms with Crippen molar-refractivity contribution in [1.82, 2.24) is 30.0 Å². The summed E-state index contributed by atoms with van der Waals surface area (Å²) in [5.74, 6) is 0.398. The zero-order valence-corrected chi connectivity index (χ0v) is 17.6. The first kappa shape index (κ1) is 20.7. The zero-order chi connectivity index (χ0) is 21.0. The van der Waals surface area contributed by atoms with E-state index in [1.807, 2.05) is 56.6 Å². The normalized spacial score (nSPS) is 11.4. The van der Waals surface area contributed by atoms with Crippen molar-refractivity contribution in [3.63, 3.8) is 0 Å². The van der Waals surface area contributed by atoms with Crippen molar-refractivity contribution in [3.8, 4) is 5.88 Å². The molecule has 3 heterocycles. The maximum atomic E-state index is 12.9. The van der Waals surface area contributed by atoms with Crippen LogP contribution in [0.3, 0.4) is 0 Å². The summed E-state index contributed by atoms with van der Waals surface area (Å²) in [5, 5.41) is 8.13. The largest absolute Gasteiger partial charge is 0.476 e.